The number of carbonyl (C=O) groups is 1. The van der Waals surface area contributed by atoms with Crippen LogP contribution in [0.25, 0.3) is 0 Å². The van der Waals surface area contributed by atoms with Gasteiger partial charge in [0.25, 0.3) is 0 Å². The number of benzene rings is 1. The van der Waals surface area contributed by atoms with Crippen LogP contribution in [-0.2, 0) is 5.54 Å². The Morgan fingerprint density at radius 1 is 1.25 bits per heavy atom. The summed E-state index contributed by atoms with van der Waals surface area (Å²) in [5.41, 5.74) is 13.5. The molecule has 3 rings (SSSR count). The second-order valence-electron chi connectivity index (χ2n) is 5.92. The normalized spacial score (nSPS) is 21.6. The fourth-order valence-electron chi connectivity index (χ4n) is 2.91. The number of nitrogens with one attached hydrogen (secondary N) is 1. The van der Waals surface area contributed by atoms with E-state index in [4.69, 9.17) is 11.5 Å². The lowest BCUT2D eigenvalue weighted by Crippen LogP contribution is -2.50. The summed E-state index contributed by atoms with van der Waals surface area (Å²) < 4.78 is 0. The van der Waals surface area contributed by atoms with Gasteiger partial charge in [0, 0.05) is 30.4 Å². The number of carbonyl (C=O) groups excluding carboxylic acids is 1. The number of likely N-dealkylation sites (tertiary alicyclic amines) is 1. The number of para-hydroxylation sites is 1. The first-order chi connectivity index (χ1) is 9.61. The van der Waals surface area contributed by atoms with Crippen molar-refractivity contribution >= 4 is 11.7 Å². The van der Waals surface area contributed by atoms with Gasteiger partial charge in [0.05, 0.1) is 5.54 Å². The van der Waals surface area contributed by atoms with E-state index in [1.165, 1.54) is 0 Å². The molecule has 2 amide bonds. The molecule has 0 atom stereocenters. The molecule has 1 aromatic rings. The maximum atomic E-state index is 12.4. The number of nitrogens with zero attached hydrogens (tertiary/aromatic N) is 1. The Hall–Kier alpha value is -1.75. The molecule has 0 bridgehead atoms. The first-order valence-electron chi connectivity index (χ1n) is 7.28. The van der Waals surface area contributed by atoms with Gasteiger partial charge in [-0.15, -0.1) is 0 Å². The average Bonchev–Trinajstić information content (AvgIpc) is 3.20. The molecule has 2 fully saturated rings. The van der Waals surface area contributed by atoms with E-state index in [1.807, 2.05) is 29.2 Å². The highest BCUT2D eigenvalue weighted by atomic mass is 16.2. The van der Waals surface area contributed by atoms with Gasteiger partial charge in [0.15, 0.2) is 0 Å². The summed E-state index contributed by atoms with van der Waals surface area (Å²) in [5, 5.41) is 3.18. The van der Waals surface area contributed by atoms with E-state index < -0.39 is 0 Å². The minimum Gasteiger partial charge on any atom is -0.398 e. The van der Waals surface area contributed by atoms with Crippen LogP contribution >= 0.6 is 0 Å². The van der Waals surface area contributed by atoms with Gasteiger partial charge in [-0.25, -0.2) is 4.79 Å². The number of piperidine rings is 1. The van der Waals surface area contributed by atoms with Crippen LogP contribution in [0.2, 0.25) is 0 Å². The summed E-state index contributed by atoms with van der Waals surface area (Å²) in [5.74, 6) is 0. The Balaban J connectivity index is 1.68. The molecule has 5 N–H and O–H groups in total. The molecule has 0 radical (unpaired) electrons. The minimum atomic E-state index is -0.248. The average molecular weight is 274 g/mol. The fourth-order valence-corrected chi connectivity index (χ4v) is 2.91. The monoisotopic (exact) mass is 274 g/mol. The van der Waals surface area contributed by atoms with Crippen LogP contribution < -0.4 is 16.8 Å². The number of nitrogen functional groups attached to an aromatic ring is 1. The molecule has 1 aromatic carbocycles. The SMILES string of the molecule is Nc1ccccc1C1(NC(=O)N2CCC(N)CC2)CC1. The summed E-state index contributed by atoms with van der Waals surface area (Å²) >= 11 is 0. The highest BCUT2D eigenvalue weighted by Crippen LogP contribution is 2.47. The second kappa shape index (κ2) is 4.98. The van der Waals surface area contributed by atoms with Crippen molar-refractivity contribution in [1.82, 2.24) is 10.2 Å². The van der Waals surface area contributed by atoms with Crippen molar-refractivity contribution in [1.29, 1.82) is 0 Å². The van der Waals surface area contributed by atoms with Gasteiger partial charge in [0.1, 0.15) is 0 Å². The summed E-state index contributed by atoms with van der Waals surface area (Å²) in [6, 6.07) is 8.04. The summed E-state index contributed by atoms with van der Waals surface area (Å²) in [7, 11) is 0. The van der Waals surface area contributed by atoms with Crippen LogP contribution in [0.15, 0.2) is 24.3 Å². The molecule has 20 heavy (non-hydrogen) atoms. The number of rotatable bonds is 2. The highest BCUT2D eigenvalue weighted by Gasteiger charge is 2.47. The first kappa shape index (κ1) is 13.2. The molecule has 0 aromatic heterocycles. The van der Waals surface area contributed by atoms with Crippen molar-refractivity contribution in [2.45, 2.75) is 37.3 Å². The molecule has 5 nitrogen and oxygen atoms in total. The highest BCUT2D eigenvalue weighted by molar-refractivity contribution is 5.76. The van der Waals surface area contributed by atoms with Crippen molar-refractivity contribution < 1.29 is 4.79 Å². The van der Waals surface area contributed by atoms with E-state index in [9.17, 15) is 4.79 Å². The number of hydrogen-bond donors (Lipinski definition) is 3. The number of hydrogen-bond acceptors (Lipinski definition) is 3. The van der Waals surface area contributed by atoms with E-state index in [0.717, 1.165) is 50.0 Å². The molecule has 5 heteroatoms. The van der Waals surface area contributed by atoms with Crippen LogP contribution in [0.5, 0.6) is 0 Å². The van der Waals surface area contributed by atoms with E-state index in [-0.39, 0.29) is 17.6 Å². The number of nitrogens with two attached hydrogens (primary N) is 2. The summed E-state index contributed by atoms with van der Waals surface area (Å²) in [4.78, 5) is 14.2. The largest absolute Gasteiger partial charge is 0.398 e. The maximum absolute atomic E-state index is 12.4. The third-order valence-electron chi connectivity index (χ3n) is 4.40. The zero-order valence-corrected chi connectivity index (χ0v) is 11.6. The maximum Gasteiger partial charge on any atom is 0.318 e. The molecule has 1 aliphatic heterocycles. The third kappa shape index (κ3) is 2.45. The Morgan fingerprint density at radius 2 is 1.90 bits per heavy atom. The zero-order chi connectivity index (χ0) is 14.2. The van der Waals surface area contributed by atoms with Crippen LogP contribution in [0.4, 0.5) is 10.5 Å². The molecular formula is C15H22N4O. The van der Waals surface area contributed by atoms with Crippen LogP contribution in [0.3, 0.4) is 0 Å². The Morgan fingerprint density at radius 3 is 2.50 bits per heavy atom. The van der Waals surface area contributed by atoms with Gasteiger partial charge < -0.3 is 21.7 Å². The van der Waals surface area contributed by atoms with E-state index in [0.29, 0.717) is 0 Å². The van der Waals surface area contributed by atoms with Crippen LogP contribution in [0, 0.1) is 0 Å². The summed E-state index contributed by atoms with van der Waals surface area (Å²) in [6.07, 6.45) is 3.68. The molecule has 1 saturated heterocycles. The molecular weight excluding hydrogens is 252 g/mol. The lowest BCUT2D eigenvalue weighted by atomic mass is 10.0. The standard InChI is InChI=1S/C15H22N4O/c16-11-5-9-19(10-6-11)14(20)18-15(7-8-15)12-3-1-2-4-13(12)17/h1-4,11H,5-10,16-17H2,(H,18,20). The van der Waals surface area contributed by atoms with Crippen molar-refractivity contribution in [2.75, 3.05) is 18.8 Å². The topological polar surface area (TPSA) is 84.4 Å². The van der Waals surface area contributed by atoms with Crippen LogP contribution in [0.1, 0.15) is 31.2 Å². The Kier molecular flexibility index (Phi) is 3.30. The van der Waals surface area contributed by atoms with Gasteiger partial charge in [-0.05, 0) is 31.7 Å². The van der Waals surface area contributed by atoms with Crippen molar-refractivity contribution in [3.63, 3.8) is 0 Å². The zero-order valence-electron chi connectivity index (χ0n) is 11.6. The molecule has 2 aliphatic rings. The van der Waals surface area contributed by atoms with E-state index in [2.05, 4.69) is 5.32 Å². The van der Waals surface area contributed by atoms with E-state index in [1.54, 1.807) is 0 Å². The Bertz CT molecular complexity index is 504. The van der Waals surface area contributed by atoms with Crippen LogP contribution in [-0.4, -0.2) is 30.1 Å². The molecule has 0 unspecified atom stereocenters. The van der Waals surface area contributed by atoms with Crippen molar-refractivity contribution in [3.8, 4) is 0 Å². The number of anilines is 1. The van der Waals surface area contributed by atoms with Gasteiger partial charge in [-0.3, -0.25) is 0 Å². The lowest BCUT2D eigenvalue weighted by Gasteiger charge is -2.32. The molecule has 1 saturated carbocycles. The predicted molar refractivity (Wildman–Crippen MR) is 79.1 cm³/mol. The summed E-state index contributed by atoms with van der Waals surface area (Å²) in [6.45, 7) is 1.49. The predicted octanol–water partition coefficient (Wildman–Crippen LogP) is 1.39. The second-order valence-corrected chi connectivity index (χ2v) is 5.92. The molecule has 1 heterocycles. The number of amides is 2. The molecule has 1 aliphatic carbocycles. The van der Waals surface area contributed by atoms with Crippen molar-refractivity contribution in [2.24, 2.45) is 5.73 Å². The molecule has 108 valence electrons. The van der Waals surface area contributed by atoms with Gasteiger partial charge in [-0.1, -0.05) is 18.2 Å². The van der Waals surface area contributed by atoms with Gasteiger partial charge in [-0.2, -0.15) is 0 Å². The quantitative estimate of drug-likeness (QED) is 0.712. The first-order valence-corrected chi connectivity index (χ1v) is 7.28. The molecule has 0 spiro atoms. The lowest BCUT2D eigenvalue weighted by molar-refractivity contribution is 0.177. The van der Waals surface area contributed by atoms with Gasteiger partial charge in [0.2, 0.25) is 0 Å². The van der Waals surface area contributed by atoms with Crippen molar-refractivity contribution in [3.05, 3.63) is 29.8 Å². The fraction of sp³-hybridized carbons (Fsp3) is 0.533. The minimum absolute atomic E-state index is 0.0117. The third-order valence-corrected chi connectivity index (χ3v) is 4.40. The Labute approximate surface area is 119 Å². The van der Waals surface area contributed by atoms with E-state index >= 15 is 0 Å². The number of urea groups is 1. The smallest absolute Gasteiger partial charge is 0.318 e. The van der Waals surface area contributed by atoms with Gasteiger partial charge >= 0.3 is 6.03 Å².